The quantitative estimate of drug-likeness (QED) is 0.860. The largest absolute Gasteiger partial charge is 0.486 e. The fourth-order valence-corrected chi connectivity index (χ4v) is 1.88. The molecule has 6 nitrogen and oxygen atoms in total. The summed E-state index contributed by atoms with van der Waals surface area (Å²) >= 11 is 0. The van der Waals surface area contributed by atoms with Gasteiger partial charge in [0.2, 0.25) is 11.7 Å². The predicted octanol–water partition coefficient (Wildman–Crippen LogP) is 1.27. The van der Waals surface area contributed by atoms with Gasteiger partial charge >= 0.3 is 0 Å². The molecule has 6 heteroatoms. The van der Waals surface area contributed by atoms with Crippen LogP contribution in [0.2, 0.25) is 0 Å². The number of hydrogen-bond acceptors (Lipinski definition) is 6. The normalized spacial score (nSPS) is 13.7. The maximum Gasteiger partial charge on any atom is 0.240 e. The van der Waals surface area contributed by atoms with Gasteiger partial charge in [-0.2, -0.15) is 4.98 Å². The number of ether oxygens (including phenoxy) is 2. The van der Waals surface area contributed by atoms with E-state index in [1.807, 2.05) is 19.1 Å². The Hall–Kier alpha value is -2.08. The Balaban J connectivity index is 2.06. The molecule has 18 heavy (non-hydrogen) atoms. The highest BCUT2D eigenvalue weighted by Gasteiger charge is 2.17. The van der Waals surface area contributed by atoms with Crippen LogP contribution in [0.3, 0.4) is 0 Å². The van der Waals surface area contributed by atoms with Crippen LogP contribution in [-0.2, 0) is 6.54 Å². The second-order valence-corrected chi connectivity index (χ2v) is 4.03. The molecule has 94 valence electrons. The molecule has 0 saturated heterocycles. The fraction of sp³-hybridized carbons (Fsp3) is 0.333. The summed E-state index contributed by atoms with van der Waals surface area (Å²) in [5, 5.41) is 3.90. The molecule has 0 spiro atoms. The van der Waals surface area contributed by atoms with Crippen molar-refractivity contribution in [2.45, 2.75) is 13.5 Å². The number of nitrogens with two attached hydrogens (primary N) is 1. The first kappa shape index (κ1) is 11.0. The molecule has 2 aromatic rings. The molecule has 1 aromatic heterocycles. The van der Waals surface area contributed by atoms with E-state index < -0.39 is 0 Å². The molecule has 0 fully saturated rings. The average molecular weight is 247 g/mol. The molecule has 1 aliphatic heterocycles. The van der Waals surface area contributed by atoms with Crippen molar-refractivity contribution >= 4 is 0 Å². The Labute approximate surface area is 104 Å². The zero-order chi connectivity index (χ0) is 12.5. The zero-order valence-corrected chi connectivity index (χ0v) is 9.97. The third-order valence-electron chi connectivity index (χ3n) is 2.77. The number of nitrogens with zero attached hydrogens (tertiary/aromatic N) is 2. The molecule has 0 aliphatic carbocycles. The van der Waals surface area contributed by atoms with Gasteiger partial charge in [-0.15, -0.1) is 0 Å². The zero-order valence-electron chi connectivity index (χ0n) is 9.97. The van der Waals surface area contributed by atoms with E-state index in [0.717, 1.165) is 16.9 Å². The van der Waals surface area contributed by atoms with Gasteiger partial charge in [0, 0.05) is 5.56 Å². The summed E-state index contributed by atoms with van der Waals surface area (Å²) in [5.41, 5.74) is 7.32. The van der Waals surface area contributed by atoms with E-state index >= 15 is 0 Å². The molecule has 0 saturated carbocycles. The minimum Gasteiger partial charge on any atom is -0.486 e. The van der Waals surface area contributed by atoms with Crippen molar-refractivity contribution in [3.05, 3.63) is 23.6 Å². The first-order chi connectivity index (χ1) is 8.78. The molecule has 0 amide bonds. The van der Waals surface area contributed by atoms with Crippen LogP contribution in [0.4, 0.5) is 0 Å². The Morgan fingerprint density at radius 2 is 1.94 bits per heavy atom. The maximum absolute atomic E-state index is 5.54. The summed E-state index contributed by atoms with van der Waals surface area (Å²) in [6.07, 6.45) is 0. The number of benzene rings is 1. The topological polar surface area (TPSA) is 83.4 Å². The molecule has 0 atom stereocenters. The van der Waals surface area contributed by atoms with Crippen molar-refractivity contribution in [3.63, 3.8) is 0 Å². The highest BCUT2D eigenvalue weighted by molar-refractivity contribution is 5.65. The highest BCUT2D eigenvalue weighted by Crippen LogP contribution is 2.36. The Bertz CT molecular complexity index is 580. The summed E-state index contributed by atoms with van der Waals surface area (Å²) < 4.78 is 16.1. The van der Waals surface area contributed by atoms with Gasteiger partial charge in [0.15, 0.2) is 11.5 Å². The van der Waals surface area contributed by atoms with Crippen molar-refractivity contribution < 1.29 is 14.0 Å². The Kier molecular flexibility index (Phi) is 2.64. The van der Waals surface area contributed by atoms with E-state index in [9.17, 15) is 0 Å². The van der Waals surface area contributed by atoms with Gasteiger partial charge in [-0.1, -0.05) is 5.16 Å². The summed E-state index contributed by atoms with van der Waals surface area (Å²) in [6, 6.07) is 3.79. The van der Waals surface area contributed by atoms with E-state index in [1.165, 1.54) is 0 Å². The van der Waals surface area contributed by atoms with Crippen LogP contribution in [0.1, 0.15) is 11.5 Å². The molecule has 2 N–H and O–H groups in total. The van der Waals surface area contributed by atoms with Crippen LogP contribution in [0, 0.1) is 6.92 Å². The van der Waals surface area contributed by atoms with Gasteiger partial charge in [-0.25, -0.2) is 0 Å². The summed E-state index contributed by atoms with van der Waals surface area (Å²) in [7, 11) is 0. The van der Waals surface area contributed by atoms with Gasteiger partial charge in [0.1, 0.15) is 13.2 Å². The van der Waals surface area contributed by atoms with Crippen LogP contribution in [-0.4, -0.2) is 23.4 Å². The lowest BCUT2D eigenvalue weighted by molar-refractivity contribution is 0.171. The third kappa shape index (κ3) is 1.80. The molecule has 0 unspecified atom stereocenters. The SMILES string of the molecule is Cc1cc2c(cc1-c1noc(CN)n1)OCCO2. The number of hydrogen-bond donors (Lipinski definition) is 1. The monoisotopic (exact) mass is 247 g/mol. The number of aryl methyl sites for hydroxylation is 1. The minimum atomic E-state index is 0.233. The third-order valence-corrected chi connectivity index (χ3v) is 2.77. The van der Waals surface area contributed by atoms with Crippen LogP contribution in [0.15, 0.2) is 16.7 Å². The first-order valence-electron chi connectivity index (χ1n) is 5.71. The molecular weight excluding hydrogens is 234 g/mol. The lowest BCUT2D eigenvalue weighted by Crippen LogP contribution is -2.15. The maximum atomic E-state index is 5.54. The van der Waals surface area contributed by atoms with Crippen molar-refractivity contribution in [2.75, 3.05) is 13.2 Å². The van der Waals surface area contributed by atoms with Crippen molar-refractivity contribution in [1.82, 2.24) is 10.1 Å². The van der Waals surface area contributed by atoms with Crippen molar-refractivity contribution in [2.24, 2.45) is 5.73 Å². The van der Waals surface area contributed by atoms with E-state index in [2.05, 4.69) is 10.1 Å². The van der Waals surface area contributed by atoms with Gasteiger partial charge in [0.25, 0.3) is 0 Å². The molecule has 2 heterocycles. The molecule has 1 aromatic carbocycles. The first-order valence-corrected chi connectivity index (χ1v) is 5.71. The smallest absolute Gasteiger partial charge is 0.240 e. The van der Waals surface area contributed by atoms with Gasteiger partial charge < -0.3 is 19.7 Å². The molecule has 0 bridgehead atoms. The summed E-state index contributed by atoms with van der Waals surface area (Å²) in [4.78, 5) is 4.21. The van der Waals surface area contributed by atoms with Gasteiger partial charge in [-0.05, 0) is 24.6 Å². The lowest BCUT2D eigenvalue weighted by Gasteiger charge is -2.19. The second-order valence-electron chi connectivity index (χ2n) is 4.03. The molecule has 0 radical (unpaired) electrons. The molecule has 1 aliphatic rings. The second kappa shape index (κ2) is 4.30. The minimum absolute atomic E-state index is 0.233. The number of rotatable bonds is 2. The van der Waals surface area contributed by atoms with Gasteiger partial charge in [-0.3, -0.25) is 0 Å². The van der Waals surface area contributed by atoms with E-state index in [4.69, 9.17) is 19.7 Å². The lowest BCUT2D eigenvalue weighted by atomic mass is 10.1. The standard InChI is InChI=1S/C12H13N3O3/c1-7-4-9-10(17-3-2-16-9)5-8(7)12-14-11(6-13)18-15-12/h4-5H,2-3,6,13H2,1H3. The number of aromatic nitrogens is 2. The summed E-state index contributed by atoms with van der Waals surface area (Å²) in [5.74, 6) is 2.40. The summed E-state index contributed by atoms with van der Waals surface area (Å²) in [6.45, 7) is 3.32. The fourth-order valence-electron chi connectivity index (χ4n) is 1.88. The highest BCUT2D eigenvalue weighted by atomic mass is 16.6. The number of fused-ring (bicyclic) bond motifs is 1. The van der Waals surface area contributed by atoms with Crippen LogP contribution in [0.5, 0.6) is 11.5 Å². The van der Waals surface area contributed by atoms with Gasteiger partial charge in [0.05, 0.1) is 6.54 Å². The van der Waals surface area contributed by atoms with Crippen LogP contribution < -0.4 is 15.2 Å². The van der Waals surface area contributed by atoms with Crippen molar-refractivity contribution in [1.29, 1.82) is 0 Å². The average Bonchev–Trinajstić information content (AvgIpc) is 2.86. The predicted molar refractivity (Wildman–Crippen MR) is 63.4 cm³/mol. The van der Waals surface area contributed by atoms with E-state index in [0.29, 0.717) is 30.7 Å². The van der Waals surface area contributed by atoms with Crippen LogP contribution in [0.25, 0.3) is 11.4 Å². The Morgan fingerprint density at radius 1 is 1.22 bits per heavy atom. The molecule has 3 rings (SSSR count). The van der Waals surface area contributed by atoms with Crippen molar-refractivity contribution in [3.8, 4) is 22.9 Å². The van der Waals surface area contributed by atoms with E-state index in [1.54, 1.807) is 0 Å². The molecular formula is C12H13N3O3. The van der Waals surface area contributed by atoms with Crippen LogP contribution >= 0.6 is 0 Å². The Morgan fingerprint density at radius 3 is 2.61 bits per heavy atom. The van der Waals surface area contributed by atoms with E-state index in [-0.39, 0.29) is 6.54 Å².